The molecule has 0 radical (unpaired) electrons. The van der Waals surface area contributed by atoms with Crippen molar-refractivity contribution in [3.63, 3.8) is 0 Å². The Labute approximate surface area is 74.6 Å². The highest BCUT2D eigenvalue weighted by molar-refractivity contribution is 5.33. The fourth-order valence-corrected chi connectivity index (χ4v) is 0.830. The summed E-state index contributed by atoms with van der Waals surface area (Å²) in [6, 6.07) is 10.1. The molecular formula is C12H14. The largest absolute Gasteiger partial charge is 0.0948 e. The number of hydrogen-bond donors (Lipinski definition) is 0. The highest BCUT2D eigenvalue weighted by atomic mass is 13.9. The van der Waals surface area contributed by atoms with Crippen LogP contribution in [0.15, 0.2) is 30.3 Å². The first-order valence-electron chi connectivity index (χ1n) is 4.39. The van der Waals surface area contributed by atoms with E-state index in [1.165, 1.54) is 0 Å². The monoisotopic (exact) mass is 158 g/mol. The second kappa shape index (κ2) is 4.62. The van der Waals surface area contributed by atoms with Gasteiger partial charge < -0.3 is 0 Å². The van der Waals surface area contributed by atoms with Gasteiger partial charge in [-0.05, 0) is 18.6 Å². The predicted molar refractivity (Wildman–Crippen MR) is 52.8 cm³/mol. The topological polar surface area (TPSA) is 0 Å². The van der Waals surface area contributed by atoms with Gasteiger partial charge in [-0.3, -0.25) is 0 Å². The molecule has 1 unspecified atom stereocenters. The number of hydrogen-bond acceptors (Lipinski definition) is 0. The molecule has 0 N–H and O–H groups in total. The molecule has 1 aromatic carbocycles. The minimum Gasteiger partial charge on any atom is -0.0948 e. The van der Waals surface area contributed by atoms with E-state index in [1.54, 1.807) is 0 Å². The first-order chi connectivity index (χ1) is 5.83. The van der Waals surface area contributed by atoms with Crippen LogP contribution in [0.3, 0.4) is 0 Å². The molecule has 0 heteroatoms. The van der Waals surface area contributed by atoms with E-state index in [9.17, 15) is 0 Å². The zero-order chi connectivity index (χ0) is 8.81. The molecule has 0 nitrogen and oxygen atoms in total. The van der Waals surface area contributed by atoms with Crippen molar-refractivity contribution in [2.24, 2.45) is 5.92 Å². The van der Waals surface area contributed by atoms with Crippen LogP contribution >= 0.6 is 0 Å². The van der Waals surface area contributed by atoms with E-state index in [2.05, 4.69) is 25.7 Å². The molecule has 0 amide bonds. The number of rotatable bonds is 1. The Hall–Kier alpha value is -1.22. The van der Waals surface area contributed by atoms with Crippen molar-refractivity contribution in [1.82, 2.24) is 0 Å². The fraction of sp³-hybridized carbons (Fsp3) is 0.333. The van der Waals surface area contributed by atoms with E-state index >= 15 is 0 Å². The lowest BCUT2D eigenvalue weighted by molar-refractivity contribution is 0.723. The van der Waals surface area contributed by atoms with Gasteiger partial charge >= 0.3 is 0 Å². The molecule has 0 aliphatic carbocycles. The van der Waals surface area contributed by atoms with Crippen LogP contribution in [0.2, 0.25) is 0 Å². The lowest BCUT2D eigenvalue weighted by Gasteiger charge is -1.94. The van der Waals surface area contributed by atoms with Crippen LogP contribution in [0.1, 0.15) is 25.8 Å². The second-order valence-electron chi connectivity index (χ2n) is 2.94. The molecule has 0 saturated heterocycles. The smallest absolute Gasteiger partial charge is 0.0245 e. The quantitative estimate of drug-likeness (QED) is 0.551. The highest BCUT2D eigenvalue weighted by Gasteiger charge is 1.89. The van der Waals surface area contributed by atoms with Gasteiger partial charge in [0, 0.05) is 11.5 Å². The van der Waals surface area contributed by atoms with Gasteiger partial charge in [0.1, 0.15) is 0 Å². The minimum atomic E-state index is 0.505. The van der Waals surface area contributed by atoms with Crippen LogP contribution in [0, 0.1) is 17.8 Å². The van der Waals surface area contributed by atoms with Crippen molar-refractivity contribution < 1.29 is 0 Å². The lowest BCUT2D eigenvalue weighted by Crippen LogP contribution is -1.84. The fourth-order valence-electron chi connectivity index (χ4n) is 0.830. The normalized spacial score (nSPS) is 11.5. The maximum Gasteiger partial charge on any atom is 0.0245 e. The summed E-state index contributed by atoms with van der Waals surface area (Å²) < 4.78 is 0. The molecule has 12 heavy (non-hydrogen) atoms. The van der Waals surface area contributed by atoms with Gasteiger partial charge in [-0.25, -0.2) is 0 Å². The zero-order valence-electron chi connectivity index (χ0n) is 7.67. The van der Waals surface area contributed by atoms with E-state index in [0.717, 1.165) is 12.0 Å². The van der Waals surface area contributed by atoms with E-state index in [1.807, 2.05) is 30.3 Å². The number of benzene rings is 1. The molecule has 1 aromatic rings. The predicted octanol–water partition coefficient (Wildman–Crippen LogP) is 3.08. The summed E-state index contributed by atoms with van der Waals surface area (Å²) in [5.41, 5.74) is 1.11. The van der Waals surface area contributed by atoms with Gasteiger partial charge in [0.05, 0.1) is 0 Å². The summed E-state index contributed by atoms with van der Waals surface area (Å²) in [5.74, 6) is 6.85. The van der Waals surface area contributed by atoms with Gasteiger partial charge in [-0.15, -0.1) is 0 Å². The summed E-state index contributed by atoms with van der Waals surface area (Å²) in [6.07, 6.45) is 1.12. The van der Waals surface area contributed by atoms with Gasteiger partial charge in [-0.2, -0.15) is 0 Å². The molecule has 62 valence electrons. The molecule has 0 fully saturated rings. The average Bonchev–Trinajstić information content (AvgIpc) is 2.16. The van der Waals surface area contributed by atoms with Gasteiger partial charge in [0.25, 0.3) is 0 Å². The Bertz CT molecular complexity index is 274. The van der Waals surface area contributed by atoms with Crippen LogP contribution in [-0.4, -0.2) is 0 Å². The van der Waals surface area contributed by atoms with Crippen molar-refractivity contribution in [3.05, 3.63) is 35.9 Å². The van der Waals surface area contributed by atoms with Crippen LogP contribution in [0.25, 0.3) is 0 Å². The molecule has 0 heterocycles. The molecule has 0 aliphatic rings. The molecule has 0 aliphatic heterocycles. The van der Waals surface area contributed by atoms with Crippen molar-refractivity contribution >= 4 is 0 Å². The van der Waals surface area contributed by atoms with E-state index in [4.69, 9.17) is 0 Å². The zero-order valence-corrected chi connectivity index (χ0v) is 7.67. The summed E-state index contributed by atoms with van der Waals surface area (Å²) in [4.78, 5) is 0. The summed E-state index contributed by atoms with van der Waals surface area (Å²) in [7, 11) is 0. The van der Waals surface area contributed by atoms with Crippen molar-refractivity contribution in [1.29, 1.82) is 0 Å². The third-order valence-electron chi connectivity index (χ3n) is 1.85. The van der Waals surface area contributed by atoms with Gasteiger partial charge in [0.2, 0.25) is 0 Å². The van der Waals surface area contributed by atoms with Gasteiger partial charge in [0.15, 0.2) is 0 Å². The first-order valence-corrected chi connectivity index (χ1v) is 4.39. The SMILES string of the molecule is CCC(C)C#Cc1ccccc1. The Morgan fingerprint density at radius 3 is 2.50 bits per heavy atom. The average molecular weight is 158 g/mol. The Morgan fingerprint density at radius 1 is 1.25 bits per heavy atom. The highest BCUT2D eigenvalue weighted by Crippen LogP contribution is 1.99. The molecule has 1 atom stereocenters. The third-order valence-corrected chi connectivity index (χ3v) is 1.85. The van der Waals surface area contributed by atoms with E-state index in [0.29, 0.717) is 5.92 Å². The van der Waals surface area contributed by atoms with Crippen molar-refractivity contribution in [3.8, 4) is 11.8 Å². The maximum absolute atomic E-state index is 3.20. The van der Waals surface area contributed by atoms with Crippen LogP contribution in [-0.2, 0) is 0 Å². The summed E-state index contributed by atoms with van der Waals surface area (Å²) in [5, 5.41) is 0. The molecule has 0 aromatic heterocycles. The Balaban J connectivity index is 2.67. The van der Waals surface area contributed by atoms with E-state index in [-0.39, 0.29) is 0 Å². The lowest BCUT2D eigenvalue weighted by atomic mass is 10.1. The Morgan fingerprint density at radius 2 is 1.92 bits per heavy atom. The minimum absolute atomic E-state index is 0.505. The van der Waals surface area contributed by atoms with Crippen molar-refractivity contribution in [2.45, 2.75) is 20.3 Å². The molecule has 1 rings (SSSR count). The van der Waals surface area contributed by atoms with E-state index < -0.39 is 0 Å². The maximum atomic E-state index is 3.20. The van der Waals surface area contributed by atoms with Crippen LogP contribution < -0.4 is 0 Å². The van der Waals surface area contributed by atoms with Crippen molar-refractivity contribution in [2.75, 3.05) is 0 Å². The second-order valence-corrected chi connectivity index (χ2v) is 2.94. The molecule has 0 saturated carbocycles. The summed E-state index contributed by atoms with van der Waals surface area (Å²) in [6.45, 7) is 4.31. The van der Waals surface area contributed by atoms with Crippen LogP contribution in [0.5, 0.6) is 0 Å². The first kappa shape index (κ1) is 8.87. The van der Waals surface area contributed by atoms with Gasteiger partial charge in [-0.1, -0.05) is 43.9 Å². The summed E-state index contributed by atoms with van der Waals surface area (Å²) >= 11 is 0. The molecular weight excluding hydrogens is 144 g/mol. The Kier molecular flexibility index (Phi) is 3.41. The molecule has 0 spiro atoms. The van der Waals surface area contributed by atoms with Crippen LogP contribution in [0.4, 0.5) is 0 Å². The molecule has 0 bridgehead atoms. The standard InChI is InChI=1S/C12H14/c1-3-11(2)9-10-12-7-5-4-6-8-12/h4-8,11H,3H2,1-2H3. The third kappa shape index (κ3) is 2.80.